The molecule has 2 bridgehead atoms. The number of ether oxygens (including phenoxy) is 1. The van der Waals surface area contributed by atoms with E-state index < -0.39 is 12.1 Å². The summed E-state index contributed by atoms with van der Waals surface area (Å²) in [6.07, 6.45) is 1.27. The summed E-state index contributed by atoms with van der Waals surface area (Å²) in [5.74, 6) is 1.14. The van der Waals surface area contributed by atoms with E-state index in [4.69, 9.17) is 9.57 Å². The molecule has 8 nitrogen and oxygen atoms in total. The Morgan fingerprint density at radius 1 is 1.12 bits per heavy atom. The van der Waals surface area contributed by atoms with Crippen LogP contribution in [-0.4, -0.2) is 66.5 Å². The first-order chi connectivity index (χ1) is 20.0. The lowest BCUT2D eigenvalue weighted by Gasteiger charge is -2.62. The highest BCUT2D eigenvalue weighted by molar-refractivity contribution is 5.95. The molecule has 2 amide bonds. The maximum atomic E-state index is 13.9. The van der Waals surface area contributed by atoms with E-state index in [1.54, 1.807) is 25.2 Å². The number of aliphatic hydroxyl groups excluding tert-OH is 1. The van der Waals surface area contributed by atoms with E-state index in [1.807, 2.05) is 43.3 Å². The first-order valence-electron chi connectivity index (χ1n) is 15.4. The number of rotatable bonds is 10. The molecule has 42 heavy (non-hydrogen) atoms. The summed E-state index contributed by atoms with van der Waals surface area (Å²) in [4.78, 5) is 32.7. The normalized spacial score (nSPS) is 30.8. The highest BCUT2D eigenvalue weighted by Gasteiger charge is 2.57. The summed E-state index contributed by atoms with van der Waals surface area (Å²) in [5.41, 5.74) is 3.80. The van der Waals surface area contributed by atoms with Crippen LogP contribution < -0.4 is 10.6 Å². The van der Waals surface area contributed by atoms with Gasteiger partial charge in [0.1, 0.15) is 6.04 Å². The van der Waals surface area contributed by atoms with E-state index in [2.05, 4.69) is 37.5 Å². The zero-order chi connectivity index (χ0) is 30.2. The van der Waals surface area contributed by atoms with Gasteiger partial charge in [0.2, 0.25) is 5.91 Å². The topological polar surface area (TPSA) is 100 Å². The van der Waals surface area contributed by atoms with Crippen LogP contribution in [0.4, 0.5) is 0 Å². The third-order valence-electron chi connectivity index (χ3n) is 10.3. The molecule has 1 heterocycles. The van der Waals surface area contributed by atoms with E-state index in [9.17, 15) is 14.7 Å². The van der Waals surface area contributed by atoms with Crippen molar-refractivity contribution in [2.75, 3.05) is 20.3 Å². The number of methoxy groups -OCH3 is 1. The average Bonchev–Trinajstić information content (AvgIpc) is 3.29. The van der Waals surface area contributed by atoms with Crippen LogP contribution in [0.1, 0.15) is 63.4 Å². The van der Waals surface area contributed by atoms with E-state index in [0.717, 1.165) is 23.1 Å². The summed E-state index contributed by atoms with van der Waals surface area (Å²) in [6.45, 7) is 12.0. The van der Waals surface area contributed by atoms with E-state index in [-0.39, 0.29) is 29.9 Å². The molecule has 228 valence electrons. The quantitative estimate of drug-likeness (QED) is 0.362. The zero-order valence-electron chi connectivity index (χ0n) is 25.8. The first-order valence-corrected chi connectivity index (χ1v) is 15.4. The minimum atomic E-state index is -0.694. The molecule has 6 rings (SSSR count). The Morgan fingerprint density at radius 2 is 1.83 bits per heavy atom. The van der Waals surface area contributed by atoms with Crippen LogP contribution in [-0.2, 0) is 20.9 Å². The van der Waals surface area contributed by atoms with Crippen molar-refractivity contribution >= 4 is 11.8 Å². The molecular formula is C34H47N3O5. The van der Waals surface area contributed by atoms with Gasteiger partial charge in [-0.1, -0.05) is 51.1 Å². The second-order valence-electron chi connectivity index (χ2n) is 13.2. The summed E-state index contributed by atoms with van der Waals surface area (Å²) >= 11 is 0. The molecule has 0 radical (unpaired) electrons. The highest BCUT2D eigenvalue weighted by Crippen LogP contribution is 2.61. The SMILES string of the molecule is COCCNC(=O)c1cccc(-c2cccc(CN3O[C@@H](C)[C@@H]([C@H](C)O)[C@H]3C(=O)N[C@H]3C[C@H]4C[C@@H]([C@@H]3C)C4(C)C)c2)c1. The van der Waals surface area contributed by atoms with Crippen LogP contribution >= 0.6 is 0 Å². The van der Waals surface area contributed by atoms with Gasteiger partial charge in [0, 0.05) is 31.2 Å². The predicted octanol–water partition coefficient (Wildman–Crippen LogP) is 4.42. The fourth-order valence-electron chi connectivity index (χ4n) is 7.74. The van der Waals surface area contributed by atoms with Gasteiger partial charge in [0.05, 0.1) is 25.4 Å². The zero-order valence-corrected chi connectivity index (χ0v) is 25.8. The molecule has 4 fully saturated rings. The van der Waals surface area contributed by atoms with Crippen molar-refractivity contribution in [1.82, 2.24) is 15.7 Å². The molecule has 2 aromatic rings. The Kier molecular flexibility index (Phi) is 9.09. The molecule has 3 N–H and O–H groups in total. The van der Waals surface area contributed by atoms with Crippen molar-refractivity contribution in [2.24, 2.45) is 29.1 Å². The Balaban J connectivity index is 1.31. The van der Waals surface area contributed by atoms with E-state index in [1.165, 1.54) is 6.42 Å². The van der Waals surface area contributed by atoms with Crippen molar-refractivity contribution < 1.29 is 24.3 Å². The summed E-state index contributed by atoms with van der Waals surface area (Å²) < 4.78 is 5.03. The maximum absolute atomic E-state index is 13.9. The van der Waals surface area contributed by atoms with Gasteiger partial charge < -0.3 is 20.5 Å². The van der Waals surface area contributed by atoms with Gasteiger partial charge >= 0.3 is 0 Å². The first kappa shape index (κ1) is 30.7. The molecule has 8 heteroatoms. The number of fused-ring (bicyclic) bond motifs is 2. The summed E-state index contributed by atoms with van der Waals surface area (Å²) in [5, 5.41) is 18.7. The molecule has 3 saturated carbocycles. The molecule has 2 aromatic carbocycles. The molecule has 0 aromatic heterocycles. The number of hydroxylamine groups is 2. The Labute approximate surface area is 250 Å². The standard InChI is InChI=1S/C34H47N3O5/c1-20-28-17-27(34(28,4)5)18-29(20)36-33(40)31-30(21(2)38)22(3)42-37(31)19-23-9-7-10-24(15-23)25-11-8-12-26(16-25)32(39)35-13-14-41-6/h7-12,15-16,20-22,27-31,38H,13-14,17-19H2,1-6H3,(H,35,39)(H,36,40)/t20-,21-,22-,27+,28-,29-,30+,31-/m0/s1. The Hall–Kier alpha value is -2.78. The monoisotopic (exact) mass is 577 g/mol. The van der Waals surface area contributed by atoms with Crippen LogP contribution in [0.15, 0.2) is 48.5 Å². The van der Waals surface area contributed by atoms with Gasteiger partial charge in [-0.3, -0.25) is 14.4 Å². The number of benzene rings is 2. The van der Waals surface area contributed by atoms with Crippen molar-refractivity contribution in [2.45, 2.75) is 78.3 Å². The van der Waals surface area contributed by atoms with Crippen molar-refractivity contribution in [3.05, 3.63) is 59.7 Å². The van der Waals surface area contributed by atoms with Gasteiger partial charge in [-0.25, -0.2) is 0 Å². The number of aliphatic hydroxyl groups is 1. The van der Waals surface area contributed by atoms with Crippen molar-refractivity contribution in [3.8, 4) is 11.1 Å². The van der Waals surface area contributed by atoms with Crippen LogP contribution in [0.3, 0.4) is 0 Å². The third-order valence-corrected chi connectivity index (χ3v) is 10.3. The number of amides is 2. The Bertz CT molecular complexity index is 1280. The maximum Gasteiger partial charge on any atom is 0.251 e. The van der Waals surface area contributed by atoms with Gasteiger partial charge in [0.15, 0.2) is 0 Å². The van der Waals surface area contributed by atoms with Crippen LogP contribution in [0, 0.1) is 29.1 Å². The fraction of sp³-hybridized carbons (Fsp3) is 0.588. The second kappa shape index (κ2) is 12.4. The second-order valence-corrected chi connectivity index (χ2v) is 13.2. The molecule has 1 aliphatic heterocycles. The molecule has 8 atom stereocenters. The lowest BCUT2D eigenvalue weighted by molar-refractivity contribution is -0.174. The predicted molar refractivity (Wildman–Crippen MR) is 162 cm³/mol. The van der Waals surface area contributed by atoms with Gasteiger partial charge in [-0.05, 0) is 84.7 Å². The number of hydrogen-bond acceptors (Lipinski definition) is 6. The third kappa shape index (κ3) is 6.00. The highest BCUT2D eigenvalue weighted by atomic mass is 16.7. The lowest BCUT2D eigenvalue weighted by atomic mass is 9.45. The Morgan fingerprint density at radius 3 is 2.50 bits per heavy atom. The number of nitrogens with zero attached hydrogens (tertiary/aromatic N) is 1. The van der Waals surface area contributed by atoms with Gasteiger partial charge in [-0.15, -0.1) is 0 Å². The number of nitrogens with one attached hydrogen (secondary N) is 2. The number of hydrogen-bond donors (Lipinski definition) is 3. The minimum Gasteiger partial charge on any atom is -0.393 e. The lowest BCUT2D eigenvalue weighted by Crippen LogP contribution is -2.62. The summed E-state index contributed by atoms with van der Waals surface area (Å²) in [6, 6.07) is 15.2. The van der Waals surface area contributed by atoms with Crippen molar-refractivity contribution in [1.29, 1.82) is 0 Å². The molecule has 3 aliphatic carbocycles. The van der Waals surface area contributed by atoms with Gasteiger partial charge in [-0.2, -0.15) is 5.06 Å². The number of carbonyl (C=O) groups excluding carboxylic acids is 2. The molecule has 1 saturated heterocycles. The van der Waals surface area contributed by atoms with Crippen molar-refractivity contribution in [3.63, 3.8) is 0 Å². The number of carbonyl (C=O) groups is 2. The molecular weight excluding hydrogens is 530 g/mol. The van der Waals surface area contributed by atoms with E-state index >= 15 is 0 Å². The fourth-order valence-corrected chi connectivity index (χ4v) is 7.74. The van der Waals surface area contributed by atoms with Gasteiger partial charge in [0.25, 0.3) is 5.91 Å². The molecule has 0 unspecified atom stereocenters. The van der Waals surface area contributed by atoms with Crippen LogP contribution in [0.25, 0.3) is 11.1 Å². The molecule has 4 aliphatic rings. The average molecular weight is 578 g/mol. The molecule has 0 spiro atoms. The van der Waals surface area contributed by atoms with Crippen LogP contribution in [0.2, 0.25) is 0 Å². The largest absolute Gasteiger partial charge is 0.393 e. The van der Waals surface area contributed by atoms with E-state index in [0.29, 0.717) is 48.4 Å². The van der Waals surface area contributed by atoms with Crippen LogP contribution in [0.5, 0.6) is 0 Å². The minimum absolute atomic E-state index is 0.0652. The smallest absolute Gasteiger partial charge is 0.251 e. The summed E-state index contributed by atoms with van der Waals surface area (Å²) in [7, 11) is 1.60.